The zero-order chi connectivity index (χ0) is 13.7. The van der Waals surface area contributed by atoms with Gasteiger partial charge in [0, 0.05) is 12.1 Å². The molecule has 0 spiro atoms. The molecule has 0 aliphatic heterocycles. The maximum atomic E-state index is 11.8. The van der Waals surface area contributed by atoms with Gasteiger partial charge in [-0.25, -0.2) is 0 Å². The van der Waals surface area contributed by atoms with Gasteiger partial charge in [-0.2, -0.15) is 0 Å². The first-order valence-corrected chi connectivity index (χ1v) is 6.25. The molecule has 1 aromatic rings. The minimum absolute atomic E-state index is 0.135. The third-order valence-corrected chi connectivity index (χ3v) is 2.96. The fourth-order valence-electron chi connectivity index (χ4n) is 1.34. The highest BCUT2D eigenvalue weighted by Crippen LogP contribution is 2.36. The molecular weight excluding hydrogens is 323 g/mol. The Bertz CT molecular complexity index is 443. The standard InChI is InChI=1S/C11H14BrClN2O3/c1-17-5-8(14)11(16)15-9-4-6(13)3-7(12)10(9)18-2/h3-4,8H,5,14H2,1-2H3,(H,15,16). The van der Waals surface area contributed by atoms with Crippen molar-refractivity contribution in [3.8, 4) is 5.75 Å². The van der Waals surface area contributed by atoms with Crippen molar-refractivity contribution in [2.75, 3.05) is 26.1 Å². The molecule has 0 saturated carbocycles. The molecule has 0 aromatic heterocycles. The monoisotopic (exact) mass is 336 g/mol. The van der Waals surface area contributed by atoms with Gasteiger partial charge in [0.1, 0.15) is 6.04 Å². The number of rotatable bonds is 5. The Hall–Kier alpha value is -0.820. The lowest BCUT2D eigenvalue weighted by Crippen LogP contribution is -2.39. The average molecular weight is 338 g/mol. The van der Waals surface area contributed by atoms with Gasteiger partial charge in [-0.05, 0) is 28.1 Å². The molecule has 1 aromatic carbocycles. The predicted molar refractivity (Wildman–Crippen MR) is 74.2 cm³/mol. The normalized spacial score (nSPS) is 12.1. The number of methoxy groups -OCH3 is 2. The van der Waals surface area contributed by atoms with Crippen molar-refractivity contribution in [3.05, 3.63) is 21.6 Å². The quantitative estimate of drug-likeness (QED) is 0.862. The minimum atomic E-state index is -0.752. The summed E-state index contributed by atoms with van der Waals surface area (Å²) in [5.74, 6) is 0.113. The van der Waals surface area contributed by atoms with Crippen LogP contribution in [0.2, 0.25) is 5.02 Å². The van der Waals surface area contributed by atoms with Gasteiger partial charge in [-0.3, -0.25) is 4.79 Å². The van der Waals surface area contributed by atoms with Crippen LogP contribution in [0.5, 0.6) is 5.75 Å². The summed E-state index contributed by atoms with van der Waals surface area (Å²) >= 11 is 9.21. The van der Waals surface area contributed by atoms with E-state index in [1.807, 2.05) is 0 Å². The number of nitrogens with one attached hydrogen (secondary N) is 1. The van der Waals surface area contributed by atoms with Crippen molar-refractivity contribution in [1.82, 2.24) is 0 Å². The highest BCUT2D eigenvalue weighted by molar-refractivity contribution is 9.10. The fourth-order valence-corrected chi connectivity index (χ4v) is 2.31. The summed E-state index contributed by atoms with van der Waals surface area (Å²) in [6.45, 7) is 0.135. The Morgan fingerprint density at radius 2 is 2.22 bits per heavy atom. The summed E-state index contributed by atoms with van der Waals surface area (Å²) in [7, 11) is 2.97. The summed E-state index contributed by atoms with van der Waals surface area (Å²) in [4.78, 5) is 11.8. The highest BCUT2D eigenvalue weighted by atomic mass is 79.9. The van der Waals surface area contributed by atoms with E-state index >= 15 is 0 Å². The fraction of sp³-hybridized carbons (Fsp3) is 0.364. The third-order valence-electron chi connectivity index (χ3n) is 2.15. The number of hydrogen-bond acceptors (Lipinski definition) is 4. The largest absolute Gasteiger partial charge is 0.493 e. The van der Waals surface area contributed by atoms with Gasteiger partial charge < -0.3 is 20.5 Å². The molecule has 1 unspecified atom stereocenters. The summed E-state index contributed by atoms with van der Waals surface area (Å²) in [6.07, 6.45) is 0. The van der Waals surface area contributed by atoms with E-state index in [9.17, 15) is 4.79 Å². The number of benzene rings is 1. The van der Waals surface area contributed by atoms with E-state index in [2.05, 4.69) is 21.2 Å². The highest BCUT2D eigenvalue weighted by Gasteiger charge is 2.17. The molecule has 1 rings (SSSR count). The summed E-state index contributed by atoms with van der Waals surface area (Å²) in [5, 5.41) is 3.11. The lowest BCUT2D eigenvalue weighted by Gasteiger charge is -2.15. The third kappa shape index (κ3) is 3.84. The number of amides is 1. The minimum Gasteiger partial charge on any atom is -0.493 e. The SMILES string of the molecule is COCC(N)C(=O)Nc1cc(Cl)cc(Br)c1OC. The van der Waals surface area contributed by atoms with E-state index in [1.165, 1.54) is 14.2 Å². The van der Waals surface area contributed by atoms with Crippen LogP contribution in [0.1, 0.15) is 0 Å². The Morgan fingerprint density at radius 3 is 2.78 bits per heavy atom. The lowest BCUT2D eigenvalue weighted by atomic mass is 10.2. The number of halogens is 2. The molecule has 0 heterocycles. The molecule has 0 radical (unpaired) electrons. The Kier molecular flexibility index (Phi) is 5.87. The van der Waals surface area contributed by atoms with Crippen molar-refractivity contribution >= 4 is 39.1 Å². The van der Waals surface area contributed by atoms with Crippen molar-refractivity contribution in [1.29, 1.82) is 0 Å². The van der Waals surface area contributed by atoms with Crippen molar-refractivity contribution in [3.63, 3.8) is 0 Å². The number of anilines is 1. The molecule has 5 nitrogen and oxygen atoms in total. The molecule has 3 N–H and O–H groups in total. The van der Waals surface area contributed by atoms with Crippen LogP contribution >= 0.6 is 27.5 Å². The van der Waals surface area contributed by atoms with Gasteiger partial charge in [0.25, 0.3) is 0 Å². The maximum absolute atomic E-state index is 11.8. The second kappa shape index (κ2) is 6.94. The van der Waals surface area contributed by atoms with Crippen LogP contribution in [0.4, 0.5) is 5.69 Å². The van der Waals surface area contributed by atoms with Crippen molar-refractivity contribution < 1.29 is 14.3 Å². The smallest absolute Gasteiger partial charge is 0.243 e. The topological polar surface area (TPSA) is 73.6 Å². The van der Waals surface area contributed by atoms with Gasteiger partial charge in [0.05, 0.1) is 23.9 Å². The molecule has 100 valence electrons. The first-order valence-electron chi connectivity index (χ1n) is 5.08. The molecular formula is C11H14BrClN2O3. The maximum Gasteiger partial charge on any atom is 0.243 e. The van der Waals surface area contributed by atoms with Crippen LogP contribution in [0.25, 0.3) is 0 Å². The van der Waals surface area contributed by atoms with Crippen molar-refractivity contribution in [2.24, 2.45) is 5.73 Å². The van der Waals surface area contributed by atoms with E-state index in [4.69, 9.17) is 26.8 Å². The predicted octanol–water partition coefficient (Wildman–Crippen LogP) is 2.02. The first kappa shape index (κ1) is 15.2. The van der Waals surface area contributed by atoms with E-state index in [-0.39, 0.29) is 12.5 Å². The lowest BCUT2D eigenvalue weighted by molar-refractivity contribution is -0.118. The Labute approximate surface area is 119 Å². The van der Waals surface area contributed by atoms with Crippen LogP contribution in [0, 0.1) is 0 Å². The van der Waals surface area contributed by atoms with Gasteiger partial charge in [-0.15, -0.1) is 0 Å². The molecule has 18 heavy (non-hydrogen) atoms. The number of carbonyl (C=O) groups excluding carboxylic acids is 1. The van der Waals surface area contributed by atoms with Crippen LogP contribution in [0.3, 0.4) is 0 Å². The van der Waals surface area contributed by atoms with E-state index in [0.717, 1.165) is 0 Å². The Morgan fingerprint density at radius 1 is 1.56 bits per heavy atom. The number of hydrogen-bond donors (Lipinski definition) is 2. The van der Waals surface area contributed by atoms with Crippen LogP contribution in [0.15, 0.2) is 16.6 Å². The molecule has 7 heteroatoms. The zero-order valence-corrected chi connectivity index (χ0v) is 12.3. The molecule has 1 atom stereocenters. The van der Waals surface area contributed by atoms with E-state index < -0.39 is 6.04 Å². The molecule has 1 amide bonds. The summed E-state index contributed by atoms with van der Waals surface area (Å²) in [6, 6.07) is 2.51. The number of ether oxygens (including phenoxy) is 2. The van der Waals surface area contributed by atoms with Gasteiger partial charge >= 0.3 is 0 Å². The molecule has 0 bridgehead atoms. The van der Waals surface area contributed by atoms with E-state index in [0.29, 0.717) is 20.9 Å². The van der Waals surface area contributed by atoms with Gasteiger partial charge in [0.2, 0.25) is 5.91 Å². The van der Waals surface area contributed by atoms with Crippen molar-refractivity contribution in [2.45, 2.75) is 6.04 Å². The van der Waals surface area contributed by atoms with Crippen LogP contribution < -0.4 is 15.8 Å². The van der Waals surface area contributed by atoms with Crippen LogP contribution in [-0.2, 0) is 9.53 Å². The molecule has 0 fully saturated rings. The number of carbonyl (C=O) groups is 1. The second-order valence-corrected chi connectivity index (χ2v) is 4.81. The number of nitrogens with two attached hydrogens (primary N) is 1. The Balaban J connectivity index is 2.93. The zero-order valence-electron chi connectivity index (χ0n) is 10.00. The first-order chi connectivity index (χ1) is 8.49. The molecule has 0 aliphatic rings. The molecule has 0 saturated heterocycles. The average Bonchev–Trinajstić information content (AvgIpc) is 2.28. The van der Waals surface area contributed by atoms with Crippen LogP contribution in [-0.4, -0.2) is 32.8 Å². The summed E-state index contributed by atoms with van der Waals surface area (Å²) < 4.78 is 10.6. The van der Waals surface area contributed by atoms with Gasteiger partial charge in [0.15, 0.2) is 5.75 Å². The molecule has 0 aliphatic carbocycles. The second-order valence-electron chi connectivity index (χ2n) is 3.52. The summed E-state index contributed by atoms with van der Waals surface area (Å²) in [5.41, 5.74) is 6.07. The van der Waals surface area contributed by atoms with Gasteiger partial charge in [-0.1, -0.05) is 11.6 Å². The van der Waals surface area contributed by atoms with E-state index in [1.54, 1.807) is 12.1 Å².